The van der Waals surface area contributed by atoms with E-state index in [-0.39, 0.29) is 10.5 Å². The van der Waals surface area contributed by atoms with E-state index in [1.165, 1.54) is 0 Å². The average Bonchev–Trinajstić information content (AvgIpc) is 2.67. The number of halogens is 4. The number of aromatic nitrogens is 2. The summed E-state index contributed by atoms with van der Waals surface area (Å²) < 4.78 is 39.3. The summed E-state index contributed by atoms with van der Waals surface area (Å²) in [5.41, 5.74) is -1.13. The molecule has 0 aliphatic carbocycles. The average molecular weight is 304 g/mol. The number of hydrogen-bond acceptors (Lipinski definition) is 3. The first-order valence-electron chi connectivity index (χ1n) is 5.10. The first-order valence-corrected chi connectivity index (χ1v) is 5.48. The van der Waals surface area contributed by atoms with Gasteiger partial charge in [-0.25, -0.2) is 4.98 Å². The van der Waals surface area contributed by atoms with Crippen molar-refractivity contribution in [1.29, 1.82) is 0 Å². The van der Waals surface area contributed by atoms with E-state index < -0.39 is 34.7 Å². The zero-order chi connectivity index (χ0) is 15.1. The van der Waals surface area contributed by atoms with E-state index in [1.807, 2.05) is 0 Å². The predicted molar refractivity (Wildman–Crippen MR) is 65.2 cm³/mol. The lowest BCUT2D eigenvalue weighted by atomic mass is 10.2. The fourth-order valence-electron chi connectivity index (χ4n) is 1.78. The fraction of sp³-hybridized carbons (Fsp3) is 0.182. The van der Waals surface area contributed by atoms with Crippen LogP contribution in [0.1, 0.15) is 5.82 Å². The van der Waals surface area contributed by atoms with Gasteiger partial charge in [-0.2, -0.15) is 13.2 Å². The van der Waals surface area contributed by atoms with Crippen LogP contribution in [0.2, 0.25) is 5.02 Å². The molecule has 0 aliphatic heterocycles. The normalized spacial score (nSPS) is 11.6. The van der Waals surface area contributed by atoms with Crippen LogP contribution >= 0.6 is 11.6 Å². The molecule has 0 saturated carbocycles. The number of nitrogens with zero attached hydrogens (tertiary/aromatic N) is 3. The van der Waals surface area contributed by atoms with Gasteiger partial charge in [0.15, 0.2) is 5.52 Å². The number of rotatable bonds is 2. The lowest BCUT2D eigenvalue weighted by molar-refractivity contribution is -0.383. The van der Waals surface area contributed by atoms with E-state index >= 15 is 0 Å². The van der Waals surface area contributed by atoms with Gasteiger partial charge >= 0.3 is 6.18 Å². The van der Waals surface area contributed by atoms with Crippen LogP contribution in [0.5, 0.6) is 0 Å². The van der Waals surface area contributed by atoms with Gasteiger partial charge in [0.25, 0.3) is 5.69 Å². The Balaban J connectivity index is 2.91. The smallest absolute Gasteiger partial charge is 0.308 e. The molecule has 2 rings (SSSR count). The van der Waals surface area contributed by atoms with Gasteiger partial charge in [0.1, 0.15) is 0 Å². The molecule has 0 radical (unpaired) electrons. The van der Waals surface area contributed by atoms with E-state index in [2.05, 4.69) is 10.9 Å². The van der Waals surface area contributed by atoms with Crippen molar-refractivity contribution in [1.82, 2.24) is 9.55 Å². The van der Waals surface area contributed by atoms with Gasteiger partial charge in [0.2, 0.25) is 5.82 Å². The van der Waals surface area contributed by atoms with Crippen LogP contribution in [-0.4, -0.2) is 14.5 Å². The van der Waals surface area contributed by atoms with Gasteiger partial charge < -0.3 is 4.57 Å². The van der Waals surface area contributed by atoms with Crippen molar-refractivity contribution in [3.63, 3.8) is 0 Å². The Kier molecular flexibility index (Phi) is 3.31. The van der Waals surface area contributed by atoms with E-state index in [4.69, 9.17) is 18.0 Å². The quantitative estimate of drug-likeness (QED) is 0.486. The second-order valence-corrected chi connectivity index (χ2v) is 4.21. The van der Waals surface area contributed by atoms with Crippen molar-refractivity contribution in [2.75, 3.05) is 0 Å². The molecule has 0 unspecified atom stereocenters. The second kappa shape index (κ2) is 4.68. The maximum absolute atomic E-state index is 12.9. The van der Waals surface area contributed by atoms with Crippen LogP contribution in [0.4, 0.5) is 18.9 Å². The lowest BCUT2D eigenvalue weighted by Crippen LogP contribution is -2.14. The topological polar surface area (TPSA) is 61.0 Å². The minimum atomic E-state index is -4.78. The van der Waals surface area contributed by atoms with Gasteiger partial charge in [0, 0.05) is 11.1 Å². The highest BCUT2D eigenvalue weighted by Gasteiger charge is 2.38. The number of benzene rings is 1. The van der Waals surface area contributed by atoms with E-state index in [0.29, 0.717) is 4.57 Å². The zero-order valence-corrected chi connectivity index (χ0v) is 10.4. The summed E-state index contributed by atoms with van der Waals surface area (Å²) in [6.45, 7) is -0.428. The third-order valence-corrected chi connectivity index (χ3v) is 2.72. The molecule has 0 amide bonds. The maximum atomic E-state index is 12.9. The standard InChI is InChI=1S/C11H5ClF3N3O2/c1-2-3-17-7-4-6(12)5-8(18(19)20)9(7)16-10(17)11(13,14)15/h1,4-5H,3H2. The Morgan fingerprint density at radius 3 is 2.65 bits per heavy atom. The molecular formula is C11H5ClF3N3O2. The summed E-state index contributed by atoms with van der Waals surface area (Å²) in [4.78, 5) is 13.3. The number of terminal acetylenes is 1. The Morgan fingerprint density at radius 2 is 2.15 bits per heavy atom. The molecular weight excluding hydrogens is 299 g/mol. The number of non-ortho nitro benzene ring substituents is 1. The zero-order valence-electron chi connectivity index (χ0n) is 9.61. The van der Waals surface area contributed by atoms with Gasteiger partial charge in [-0.05, 0) is 6.07 Å². The van der Waals surface area contributed by atoms with Crippen LogP contribution in [-0.2, 0) is 12.7 Å². The third kappa shape index (κ3) is 2.28. The first-order chi connectivity index (χ1) is 9.25. The van der Waals surface area contributed by atoms with Gasteiger partial charge in [-0.3, -0.25) is 10.1 Å². The summed E-state index contributed by atoms with van der Waals surface area (Å²) in [6.07, 6.45) is 0.244. The summed E-state index contributed by atoms with van der Waals surface area (Å²) in [6, 6.07) is 2.10. The molecule has 5 nitrogen and oxygen atoms in total. The third-order valence-electron chi connectivity index (χ3n) is 2.50. The van der Waals surface area contributed by atoms with Crippen molar-refractivity contribution in [3.05, 3.63) is 33.1 Å². The number of alkyl halides is 3. The Bertz CT molecular complexity index is 746. The Morgan fingerprint density at radius 1 is 1.50 bits per heavy atom. The number of fused-ring (bicyclic) bond motifs is 1. The SMILES string of the molecule is C#CCn1c(C(F)(F)F)nc2c([N+](=O)[O-])cc(Cl)cc21. The molecule has 1 heterocycles. The molecule has 1 aromatic heterocycles. The lowest BCUT2D eigenvalue weighted by Gasteiger charge is -2.08. The number of hydrogen-bond donors (Lipinski definition) is 0. The van der Waals surface area contributed by atoms with E-state index in [0.717, 1.165) is 12.1 Å². The van der Waals surface area contributed by atoms with Crippen LogP contribution < -0.4 is 0 Å². The first kappa shape index (κ1) is 14.1. The molecule has 0 fully saturated rings. The molecule has 0 atom stereocenters. The van der Waals surface area contributed by atoms with Gasteiger partial charge in [0.05, 0.1) is 17.0 Å². The predicted octanol–water partition coefficient (Wildman–Crippen LogP) is 3.25. The van der Waals surface area contributed by atoms with E-state index in [9.17, 15) is 23.3 Å². The fourth-order valence-corrected chi connectivity index (χ4v) is 1.99. The number of nitro benzene ring substituents is 1. The highest BCUT2D eigenvalue weighted by molar-refractivity contribution is 6.31. The molecule has 0 spiro atoms. The summed E-state index contributed by atoms with van der Waals surface area (Å²) in [5.74, 6) is 0.757. The molecule has 20 heavy (non-hydrogen) atoms. The van der Waals surface area contributed by atoms with Gasteiger partial charge in [-0.1, -0.05) is 17.5 Å². The monoisotopic (exact) mass is 303 g/mol. The van der Waals surface area contributed by atoms with Crippen molar-refractivity contribution < 1.29 is 18.1 Å². The molecule has 2 aromatic rings. The highest BCUT2D eigenvalue weighted by atomic mass is 35.5. The van der Waals surface area contributed by atoms with E-state index in [1.54, 1.807) is 0 Å². The van der Waals surface area contributed by atoms with Crippen molar-refractivity contribution >= 4 is 28.3 Å². The highest BCUT2D eigenvalue weighted by Crippen LogP contribution is 2.35. The Labute approximate surface area is 115 Å². The number of nitro groups is 1. The van der Waals surface area contributed by atoms with Gasteiger partial charge in [-0.15, -0.1) is 6.42 Å². The summed E-state index contributed by atoms with van der Waals surface area (Å²) in [7, 11) is 0. The molecule has 0 saturated heterocycles. The van der Waals surface area contributed by atoms with Crippen LogP contribution in [0.15, 0.2) is 12.1 Å². The Hall–Kier alpha value is -2.27. The summed E-state index contributed by atoms with van der Waals surface area (Å²) >= 11 is 5.69. The largest absolute Gasteiger partial charge is 0.449 e. The maximum Gasteiger partial charge on any atom is 0.449 e. The van der Waals surface area contributed by atoms with Crippen LogP contribution in [0.3, 0.4) is 0 Å². The molecule has 104 valence electrons. The molecule has 1 aromatic carbocycles. The van der Waals surface area contributed by atoms with Crippen LogP contribution in [0, 0.1) is 22.5 Å². The molecule has 9 heteroatoms. The minimum absolute atomic E-state index is 0.0731. The van der Waals surface area contributed by atoms with Crippen LogP contribution in [0.25, 0.3) is 11.0 Å². The number of imidazole rings is 1. The molecule has 0 bridgehead atoms. The summed E-state index contributed by atoms with van der Waals surface area (Å²) in [5, 5.41) is 10.8. The molecule has 0 N–H and O–H groups in total. The van der Waals surface area contributed by atoms with Crippen molar-refractivity contribution in [2.24, 2.45) is 0 Å². The second-order valence-electron chi connectivity index (χ2n) is 3.77. The minimum Gasteiger partial charge on any atom is -0.308 e. The van der Waals surface area contributed by atoms with Crippen molar-refractivity contribution in [3.8, 4) is 12.3 Å². The molecule has 0 aliphatic rings. The van der Waals surface area contributed by atoms with Crippen molar-refractivity contribution in [2.45, 2.75) is 12.7 Å².